The highest BCUT2D eigenvalue weighted by atomic mass is 16.2. The Hall–Kier alpha value is -2.14. The lowest BCUT2D eigenvalue weighted by atomic mass is 10.2. The van der Waals surface area contributed by atoms with E-state index < -0.39 is 0 Å². The molecule has 0 spiro atoms. The number of amides is 1. The Morgan fingerprint density at radius 3 is 2.53 bits per heavy atom. The number of nitrogens with one attached hydrogen (secondary N) is 1. The summed E-state index contributed by atoms with van der Waals surface area (Å²) in [6, 6.07) is 9.45. The number of anilines is 1. The average Bonchev–Trinajstić information content (AvgIpc) is 2.68. The molecular weight excluding hydrogens is 240 g/mol. The van der Waals surface area contributed by atoms with Gasteiger partial charge in [-0.15, -0.1) is 0 Å². The Bertz CT molecular complexity index is 572. The summed E-state index contributed by atoms with van der Waals surface area (Å²) in [7, 11) is 0. The number of benzene rings is 1. The number of carbonyl (C=O) groups excluding carboxylic acids is 1. The second kappa shape index (κ2) is 5.67. The third kappa shape index (κ3) is 3.42. The Morgan fingerprint density at radius 1 is 1.32 bits per heavy atom. The summed E-state index contributed by atoms with van der Waals surface area (Å²) < 4.78 is 1.69. The van der Waals surface area contributed by atoms with Gasteiger partial charge in [-0.3, -0.25) is 9.48 Å². The Morgan fingerprint density at radius 2 is 2.00 bits per heavy atom. The maximum atomic E-state index is 11.9. The molecule has 0 aliphatic rings. The first kappa shape index (κ1) is 13.3. The molecule has 1 amide bonds. The molecule has 1 heterocycles. The van der Waals surface area contributed by atoms with Crippen molar-refractivity contribution in [2.75, 3.05) is 5.32 Å². The zero-order valence-corrected chi connectivity index (χ0v) is 11.2. The highest BCUT2D eigenvalue weighted by Gasteiger charge is 2.07. The van der Waals surface area contributed by atoms with Crippen LogP contribution in [0.3, 0.4) is 0 Å². The van der Waals surface area contributed by atoms with Crippen molar-refractivity contribution in [1.82, 2.24) is 9.78 Å². The minimum Gasteiger partial charge on any atom is -0.326 e. The lowest BCUT2D eigenvalue weighted by Crippen LogP contribution is -2.20. The van der Waals surface area contributed by atoms with Gasteiger partial charge in [-0.25, -0.2) is 0 Å². The lowest BCUT2D eigenvalue weighted by molar-refractivity contribution is -0.116. The summed E-state index contributed by atoms with van der Waals surface area (Å²) in [6.45, 7) is 4.56. The van der Waals surface area contributed by atoms with E-state index in [9.17, 15) is 4.79 Å². The van der Waals surface area contributed by atoms with Crippen molar-refractivity contribution in [2.24, 2.45) is 5.73 Å². The van der Waals surface area contributed by atoms with Crippen LogP contribution in [-0.2, 0) is 17.9 Å². The molecule has 100 valence electrons. The highest BCUT2D eigenvalue weighted by Crippen LogP contribution is 2.09. The fourth-order valence-corrected chi connectivity index (χ4v) is 1.90. The minimum absolute atomic E-state index is 0.0910. The van der Waals surface area contributed by atoms with Crippen LogP contribution in [0.1, 0.15) is 17.0 Å². The third-order valence-electron chi connectivity index (χ3n) is 2.87. The van der Waals surface area contributed by atoms with E-state index in [1.165, 1.54) is 0 Å². The zero-order chi connectivity index (χ0) is 13.8. The Labute approximate surface area is 112 Å². The van der Waals surface area contributed by atoms with Crippen LogP contribution < -0.4 is 11.1 Å². The maximum absolute atomic E-state index is 11.9. The van der Waals surface area contributed by atoms with E-state index in [1.54, 1.807) is 4.68 Å². The van der Waals surface area contributed by atoms with E-state index in [2.05, 4.69) is 10.4 Å². The van der Waals surface area contributed by atoms with Gasteiger partial charge in [0.25, 0.3) is 0 Å². The number of rotatable bonds is 4. The molecular formula is C14H18N4O. The van der Waals surface area contributed by atoms with Crippen LogP contribution in [0, 0.1) is 13.8 Å². The van der Waals surface area contributed by atoms with Gasteiger partial charge in [-0.05, 0) is 37.6 Å². The zero-order valence-electron chi connectivity index (χ0n) is 11.2. The quantitative estimate of drug-likeness (QED) is 0.874. The molecule has 0 saturated heterocycles. The fraction of sp³-hybridized carbons (Fsp3) is 0.286. The normalized spacial score (nSPS) is 10.5. The summed E-state index contributed by atoms with van der Waals surface area (Å²) in [5.74, 6) is -0.0910. The van der Waals surface area contributed by atoms with Crippen molar-refractivity contribution in [1.29, 1.82) is 0 Å². The van der Waals surface area contributed by atoms with Crippen LogP contribution >= 0.6 is 0 Å². The summed E-state index contributed by atoms with van der Waals surface area (Å²) in [4.78, 5) is 11.9. The monoisotopic (exact) mass is 258 g/mol. The van der Waals surface area contributed by atoms with E-state index in [0.717, 1.165) is 22.6 Å². The number of nitrogens with two attached hydrogens (primary N) is 1. The molecule has 5 heteroatoms. The second-order valence-corrected chi connectivity index (χ2v) is 4.53. The van der Waals surface area contributed by atoms with Gasteiger partial charge in [0.05, 0.1) is 5.69 Å². The molecule has 1 aromatic heterocycles. The van der Waals surface area contributed by atoms with Crippen LogP contribution in [0.5, 0.6) is 0 Å². The van der Waals surface area contributed by atoms with E-state index >= 15 is 0 Å². The van der Waals surface area contributed by atoms with E-state index in [0.29, 0.717) is 6.54 Å². The molecule has 2 rings (SSSR count). The van der Waals surface area contributed by atoms with Crippen LogP contribution in [0.15, 0.2) is 30.3 Å². The predicted octanol–water partition coefficient (Wildman–Crippen LogP) is 1.60. The number of hydrogen-bond donors (Lipinski definition) is 2. The van der Waals surface area contributed by atoms with Gasteiger partial charge in [0.2, 0.25) is 5.91 Å². The van der Waals surface area contributed by atoms with Crippen molar-refractivity contribution in [2.45, 2.75) is 26.9 Å². The minimum atomic E-state index is -0.0910. The standard InChI is InChI=1S/C14H18N4O/c1-10-7-11(2)18(17-10)9-14(19)16-13-5-3-12(8-15)4-6-13/h3-7H,8-9,15H2,1-2H3,(H,16,19). The van der Waals surface area contributed by atoms with Gasteiger partial charge < -0.3 is 11.1 Å². The van der Waals surface area contributed by atoms with Crippen molar-refractivity contribution in [3.8, 4) is 0 Å². The van der Waals surface area contributed by atoms with Crippen LogP contribution in [-0.4, -0.2) is 15.7 Å². The maximum Gasteiger partial charge on any atom is 0.246 e. The molecule has 19 heavy (non-hydrogen) atoms. The molecule has 0 saturated carbocycles. The summed E-state index contributed by atoms with van der Waals surface area (Å²) in [6.07, 6.45) is 0. The molecule has 0 aliphatic heterocycles. The number of aryl methyl sites for hydroxylation is 2. The van der Waals surface area contributed by atoms with Crippen molar-refractivity contribution in [3.05, 3.63) is 47.3 Å². The first-order valence-electron chi connectivity index (χ1n) is 6.18. The van der Waals surface area contributed by atoms with E-state index in [1.807, 2.05) is 44.2 Å². The van der Waals surface area contributed by atoms with Crippen LogP contribution in [0.2, 0.25) is 0 Å². The highest BCUT2D eigenvalue weighted by molar-refractivity contribution is 5.90. The Balaban J connectivity index is 1.99. The van der Waals surface area contributed by atoms with Gasteiger partial charge in [-0.1, -0.05) is 12.1 Å². The second-order valence-electron chi connectivity index (χ2n) is 4.53. The average molecular weight is 258 g/mol. The van der Waals surface area contributed by atoms with Crippen molar-refractivity contribution in [3.63, 3.8) is 0 Å². The van der Waals surface area contributed by atoms with Gasteiger partial charge in [0.1, 0.15) is 6.54 Å². The van der Waals surface area contributed by atoms with E-state index in [-0.39, 0.29) is 12.5 Å². The third-order valence-corrected chi connectivity index (χ3v) is 2.87. The predicted molar refractivity (Wildman–Crippen MR) is 74.7 cm³/mol. The number of hydrogen-bond acceptors (Lipinski definition) is 3. The SMILES string of the molecule is Cc1cc(C)n(CC(=O)Nc2ccc(CN)cc2)n1. The molecule has 0 bridgehead atoms. The number of nitrogens with zero attached hydrogens (tertiary/aromatic N) is 2. The molecule has 0 fully saturated rings. The molecule has 3 N–H and O–H groups in total. The molecule has 0 radical (unpaired) electrons. The van der Waals surface area contributed by atoms with Crippen molar-refractivity contribution < 1.29 is 4.79 Å². The molecule has 5 nitrogen and oxygen atoms in total. The molecule has 2 aromatic rings. The van der Waals surface area contributed by atoms with Gasteiger partial charge in [-0.2, -0.15) is 5.10 Å². The summed E-state index contributed by atoms with van der Waals surface area (Å²) in [5.41, 5.74) is 9.22. The topological polar surface area (TPSA) is 72.9 Å². The molecule has 1 aromatic carbocycles. The van der Waals surface area contributed by atoms with Crippen LogP contribution in [0.25, 0.3) is 0 Å². The lowest BCUT2D eigenvalue weighted by Gasteiger charge is -2.07. The first-order valence-corrected chi connectivity index (χ1v) is 6.18. The van der Waals surface area contributed by atoms with Gasteiger partial charge in [0, 0.05) is 17.9 Å². The smallest absolute Gasteiger partial charge is 0.246 e. The summed E-state index contributed by atoms with van der Waals surface area (Å²) >= 11 is 0. The van der Waals surface area contributed by atoms with Crippen LogP contribution in [0.4, 0.5) is 5.69 Å². The first-order chi connectivity index (χ1) is 9.08. The molecule has 0 unspecified atom stereocenters. The Kier molecular flexibility index (Phi) is 3.97. The summed E-state index contributed by atoms with van der Waals surface area (Å²) in [5, 5.41) is 7.10. The van der Waals surface area contributed by atoms with E-state index in [4.69, 9.17) is 5.73 Å². The van der Waals surface area contributed by atoms with Gasteiger partial charge in [0.15, 0.2) is 0 Å². The molecule has 0 aliphatic carbocycles. The van der Waals surface area contributed by atoms with Crippen molar-refractivity contribution >= 4 is 11.6 Å². The molecule has 0 atom stereocenters. The number of carbonyl (C=O) groups is 1. The fourth-order valence-electron chi connectivity index (χ4n) is 1.90. The largest absolute Gasteiger partial charge is 0.326 e. The number of aromatic nitrogens is 2. The van der Waals surface area contributed by atoms with Gasteiger partial charge >= 0.3 is 0 Å².